The second-order valence-corrected chi connectivity index (χ2v) is 1.35. The molecule has 0 spiro atoms. The Labute approximate surface area is 125 Å². The van der Waals surface area contributed by atoms with E-state index in [1.54, 1.807) is 0 Å². The van der Waals surface area contributed by atoms with E-state index in [-0.39, 0.29) is 83.8 Å². The average Bonchev–Trinajstić information content (AvgIpc) is 1.41. The molecule has 66 valence electrons. The second-order valence-electron chi connectivity index (χ2n) is 1.35. The van der Waals surface area contributed by atoms with Crippen LogP contribution in [0.2, 0.25) is 5.09 Å². The molecule has 0 fully saturated rings. The van der Waals surface area contributed by atoms with Gasteiger partial charge in [0.1, 0.15) is 0 Å². The SMILES string of the molecule is Cl.[Cl-].[Cl-].[Cl-].[Cl-].[Li][CH2]CCC.[Ti+4]. The molecule has 0 saturated carbocycles. The molecule has 0 radical (unpaired) electrons. The Morgan fingerprint density at radius 2 is 1.27 bits per heavy atom. The third-order valence-electron chi connectivity index (χ3n) is 0.707. The van der Waals surface area contributed by atoms with Gasteiger partial charge in [0, 0.05) is 0 Å². The van der Waals surface area contributed by atoms with E-state index in [0.717, 1.165) is 0 Å². The fourth-order valence-corrected chi connectivity index (χ4v) is 0.354. The van der Waals surface area contributed by atoms with Gasteiger partial charge >= 0.3 is 64.3 Å². The van der Waals surface area contributed by atoms with Gasteiger partial charge < -0.3 is 49.6 Å². The van der Waals surface area contributed by atoms with E-state index >= 15 is 0 Å². The quantitative estimate of drug-likeness (QED) is 0.443. The summed E-state index contributed by atoms with van der Waals surface area (Å²) in [6, 6.07) is 0. The summed E-state index contributed by atoms with van der Waals surface area (Å²) in [5, 5.41) is 1.34. The van der Waals surface area contributed by atoms with Gasteiger partial charge in [-0.1, -0.05) is 0 Å². The van der Waals surface area contributed by atoms with Crippen molar-refractivity contribution in [3.63, 3.8) is 0 Å². The van der Waals surface area contributed by atoms with Crippen molar-refractivity contribution in [3.05, 3.63) is 0 Å². The molecule has 0 aromatic rings. The van der Waals surface area contributed by atoms with Crippen LogP contribution in [0.5, 0.6) is 0 Å². The molecule has 0 saturated heterocycles. The van der Waals surface area contributed by atoms with E-state index in [4.69, 9.17) is 0 Å². The summed E-state index contributed by atoms with van der Waals surface area (Å²) in [4.78, 5) is 0. The average molecular weight is 290 g/mol. The minimum atomic E-state index is 0. The van der Waals surface area contributed by atoms with Crippen LogP contribution in [0.3, 0.4) is 0 Å². The second kappa shape index (κ2) is 53.2. The number of unbranched alkanes of at least 4 members (excludes halogenated alkanes) is 1. The van der Waals surface area contributed by atoms with Crippen LogP contribution in [0, 0.1) is 0 Å². The van der Waals surface area contributed by atoms with E-state index in [9.17, 15) is 0 Å². The number of rotatable bonds is 2. The molecule has 11 heavy (non-hydrogen) atoms. The molecule has 0 aromatic carbocycles. The van der Waals surface area contributed by atoms with Gasteiger partial charge in [-0.2, -0.15) is 0 Å². The van der Waals surface area contributed by atoms with Crippen LogP contribution in [0.1, 0.15) is 19.8 Å². The standard InChI is InChI=1S/C4H9.5ClH.Li.Ti/c1-3-4-2;;;;;;;/h1,3-4H2,2H3;5*1H;;/q;;;;;;;+4/p-4. The first-order chi connectivity index (χ1) is 2.41. The van der Waals surface area contributed by atoms with Crippen LogP contribution < -0.4 is 49.6 Å². The summed E-state index contributed by atoms with van der Waals surface area (Å²) >= 11 is 2.21. The van der Waals surface area contributed by atoms with Gasteiger partial charge in [0.2, 0.25) is 0 Å². The Morgan fingerprint density at radius 3 is 1.27 bits per heavy atom. The first-order valence-corrected chi connectivity index (χ1v) is 2.41. The number of hydrogen-bond donors (Lipinski definition) is 0. The van der Waals surface area contributed by atoms with Crippen molar-refractivity contribution < 1.29 is 71.3 Å². The van der Waals surface area contributed by atoms with Crippen LogP contribution in [0.4, 0.5) is 0 Å². The van der Waals surface area contributed by atoms with Gasteiger partial charge in [0.15, 0.2) is 0 Å². The van der Waals surface area contributed by atoms with E-state index in [1.165, 1.54) is 17.9 Å². The fourth-order valence-electron chi connectivity index (χ4n) is 0.354. The predicted molar refractivity (Wildman–Crippen MR) is 32.7 cm³/mol. The third kappa shape index (κ3) is 65.2. The van der Waals surface area contributed by atoms with Gasteiger partial charge in [0.05, 0.1) is 0 Å². The van der Waals surface area contributed by atoms with Gasteiger partial charge in [-0.05, 0) is 0 Å². The normalized spacial score (nSPS) is 3.91. The van der Waals surface area contributed by atoms with Gasteiger partial charge in [0.25, 0.3) is 0 Å². The Morgan fingerprint density at radius 1 is 1.00 bits per heavy atom. The number of halogens is 5. The molecule has 0 N–H and O–H groups in total. The Bertz CT molecular complexity index is 26.0. The minimum absolute atomic E-state index is 0. The largest absolute Gasteiger partial charge is 4.00 e. The first-order valence-electron chi connectivity index (χ1n) is 2.41. The molecule has 0 atom stereocenters. The fraction of sp³-hybridized carbons (Fsp3) is 1.00. The van der Waals surface area contributed by atoms with Crippen molar-refractivity contribution in [2.75, 3.05) is 0 Å². The van der Waals surface area contributed by atoms with E-state index in [0.29, 0.717) is 0 Å². The van der Waals surface area contributed by atoms with E-state index in [1.807, 2.05) is 0 Å². The molecule has 0 amide bonds. The molecule has 7 heteroatoms. The maximum absolute atomic E-state index is 2.21. The third-order valence-corrected chi connectivity index (χ3v) is 0.707. The minimum Gasteiger partial charge on any atom is 4.00 e. The smallest absolute Gasteiger partial charge is 4.00 e. The van der Waals surface area contributed by atoms with Crippen LogP contribution in [-0.2, 0) is 21.7 Å². The van der Waals surface area contributed by atoms with Crippen LogP contribution in [-0.4, -0.2) is 17.7 Å². The van der Waals surface area contributed by atoms with E-state index < -0.39 is 0 Å². The zero-order valence-corrected chi connectivity index (χ0v) is 11.9. The molecular weight excluding hydrogens is 280 g/mol. The molecule has 0 heterocycles. The van der Waals surface area contributed by atoms with Crippen LogP contribution in [0.15, 0.2) is 0 Å². The van der Waals surface area contributed by atoms with Crippen molar-refractivity contribution >= 4 is 30.1 Å². The molecule has 0 unspecified atom stereocenters. The zero-order valence-electron chi connectivity index (χ0n) is 6.54. The molecule has 0 nitrogen and oxygen atoms in total. The Kier molecular flexibility index (Phi) is 237. The number of hydrogen-bond acceptors (Lipinski definition) is 0. The summed E-state index contributed by atoms with van der Waals surface area (Å²) < 4.78 is 0. The Hall–Kier alpha value is 2.76. The molecular formula is C4H10Cl5LiTi. The van der Waals surface area contributed by atoms with Crippen molar-refractivity contribution in [2.24, 2.45) is 0 Å². The molecule has 0 bridgehead atoms. The maximum atomic E-state index is 2.21. The molecule has 0 aliphatic carbocycles. The zero-order chi connectivity index (χ0) is 4.12. The Balaban J connectivity index is -0.00000000533. The maximum Gasteiger partial charge on any atom is 4.00 e. The van der Waals surface area contributed by atoms with E-state index in [2.05, 4.69) is 24.6 Å². The summed E-state index contributed by atoms with van der Waals surface area (Å²) in [5.41, 5.74) is 0. The first kappa shape index (κ1) is 49.0. The van der Waals surface area contributed by atoms with Crippen molar-refractivity contribution in [2.45, 2.75) is 24.9 Å². The summed E-state index contributed by atoms with van der Waals surface area (Å²) in [6.45, 7) is 2.21. The molecule has 0 rings (SSSR count). The summed E-state index contributed by atoms with van der Waals surface area (Å²) in [7, 11) is 0. The van der Waals surface area contributed by atoms with Crippen molar-refractivity contribution in [1.29, 1.82) is 0 Å². The van der Waals surface area contributed by atoms with Gasteiger partial charge in [-0.25, -0.2) is 0 Å². The molecule has 0 aromatic heterocycles. The summed E-state index contributed by atoms with van der Waals surface area (Å²) in [6.07, 6.45) is 2.73. The predicted octanol–water partition coefficient (Wildman–Crippen LogP) is -10.2. The van der Waals surface area contributed by atoms with Crippen LogP contribution >= 0.6 is 12.4 Å². The van der Waals surface area contributed by atoms with Gasteiger partial charge in [-0.15, -0.1) is 12.4 Å². The van der Waals surface area contributed by atoms with Crippen molar-refractivity contribution in [3.8, 4) is 0 Å². The van der Waals surface area contributed by atoms with Crippen LogP contribution in [0.25, 0.3) is 0 Å². The van der Waals surface area contributed by atoms with Gasteiger partial charge in [-0.3, -0.25) is 0 Å². The summed E-state index contributed by atoms with van der Waals surface area (Å²) in [5.74, 6) is 0. The van der Waals surface area contributed by atoms with Crippen molar-refractivity contribution in [1.82, 2.24) is 0 Å². The topological polar surface area (TPSA) is 0 Å². The molecule has 0 aliphatic heterocycles. The molecule has 0 aliphatic rings. The monoisotopic (exact) mass is 288 g/mol.